The summed E-state index contributed by atoms with van der Waals surface area (Å²) in [7, 11) is 0. The molecule has 2 bridgehead atoms. The van der Waals surface area contributed by atoms with Gasteiger partial charge in [0.1, 0.15) is 17.3 Å². The van der Waals surface area contributed by atoms with Crippen molar-refractivity contribution in [3.63, 3.8) is 0 Å². The first-order valence-electron chi connectivity index (χ1n) is 11.1. The lowest BCUT2D eigenvalue weighted by molar-refractivity contribution is -0.132. The van der Waals surface area contributed by atoms with Gasteiger partial charge in [-0.15, -0.1) is 0 Å². The van der Waals surface area contributed by atoms with Crippen LogP contribution in [0.4, 0.5) is 4.39 Å². The fourth-order valence-electron chi connectivity index (χ4n) is 5.25. The molecule has 1 heterocycles. The Morgan fingerprint density at radius 1 is 1.18 bits per heavy atom. The topological polar surface area (TPSA) is 103 Å². The van der Waals surface area contributed by atoms with Crippen molar-refractivity contribution in [2.45, 2.75) is 49.4 Å². The van der Waals surface area contributed by atoms with Crippen LogP contribution in [0.15, 0.2) is 36.4 Å². The average Bonchev–Trinajstić information content (AvgIpc) is 3.28. The van der Waals surface area contributed by atoms with Gasteiger partial charge in [-0.3, -0.25) is 9.59 Å². The third-order valence-electron chi connectivity index (χ3n) is 6.88. The van der Waals surface area contributed by atoms with E-state index >= 15 is 0 Å². The second kappa shape index (κ2) is 8.91. The Morgan fingerprint density at radius 3 is 2.74 bits per heavy atom. The van der Waals surface area contributed by atoms with Gasteiger partial charge in [0.15, 0.2) is 12.7 Å². The number of carbonyl (C=O) groups excluding carboxylic acids is 2. The molecule has 10 heteroatoms. The summed E-state index contributed by atoms with van der Waals surface area (Å²) in [6, 6.07) is 8.82. The normalized spacial score (nSPS) is 28.8. The lowest BCUT2D eigenvalue weighted by atomic mass is 9.76. The number of hydrogen-bond acceptors (Lipinski definition) is 5. The van der Waals surface area contributed by atoms with Crippen LogP contribution < -0.4 is 25.8 Å². The van der Waals surface area contributed by atoms with Crippen molar-refractivity contribution in [3.8, 4) is 11.5 Å². The molecule has 3 fully saturated rings. The average molecular weight is 508 g/mol. The van der Waals surface area contributed by atoms with E-state index in [0.717, 1.165) is 24.5 Å². The summed E-state index contributed by atoms with van der Waals surface area (Å²) < 4.78 is 24.8. The van der Waals surface area contributed by atoms with Crippen LogP contribution in [0.3, 0.4) is 0 Å². The van der Waals surface area contributed by atoms with Crippen molar-refractivity contribution in [2.24, 2.45) is 11.7 Å². The quantitative estimate of drug-likeness (QED) is 0.555. The molecular weight excluding hydrogens is 484 g/mol. The molecule has 3 saturated carbocycles. The van der Waals surface area contributed by atoms with Crippen LogP contribution in [0.1, 0.15) is 37.3 Å². The van der Waals surface area contributed by atoms with Gasteiger partial charge in [-0.2, -0.15) is 0 Å². The second-order valence-electron chi connectivity index (χ2n) is 9.31. The summed E-state index contributed by atoms with van der Waals surface area (Å²) in [6.07, 6.45) is 1.89. The minimum Gasteiger partial charge on any atom is -0.484 e. The third kappa shape index (κ3) is 4.54. The molecule has 3 aliphatic carbocycles. The number of benzene rings is 2. The molecule has 3 atom stereocenters. The van der Waals surface area contributed by atoms with E-state index in [9.17, 15) is 14.0 Å². The number of hydrogen-bond donors (Lipinski definition) is 3. The Kier molecular flexibility index (Phi) is 6.08. The SMILES string of the molecule is NC1CC(C(=O)NC23CC(C2)C(NC(=O)COc2ccc(Cl)c(F)c2)C3)Oc2ccc(Cl)cc21. The molecule has 34 heavy (non-hydrogen) atoms. The number of nitrogens with two attached hydrogens (primary N) is 1. The van der Waals surface area contributed by atoms with Crippen LogP contribution >= 0.6 is 23.2 Å². The van der Waals surface area contributed by atoms with Gasteiger partial charge in [0.2, 0.25) is 0 Å². The Morgan fingerprint density at radius 2 is 1.97 bits per heavy atom. The Hall–Kier alpha value is -2.55. The molecule has 0 spiro atoms. The number of halogens is 3. The van der Waals surface area contributed by atoms with E-state index in [4.69, 9.17) is 38.4 Å². The zero-order valence-electron chi connectivity index (χ0n) is 18.2. The lowest BCUT2D eigenvalue weighted by Crippen LogP contribution is -2.56. The van der Waals surface area contributed by atoms with Crippen LogP contribution in [0.2, 0.25) is 10.0 Å². The minimum absolute atomic E-state index is 0.0101. The van der Waals surface area contributed by atoms with Gasteiger partial charge in [-0.1, -0.05) is 23.2 Å². The molecule has 4 aliphatic rings. The highest BCUT2D eigenvalue weighted by atomic mass is 35.5. The highest BCUT2D eigenvalue weighted by Gasteiger charge is 2.57. The fourth-order valence-corrected chi connectivity index (χ4v) is 5.54. The van der Waals surface area contributed by atoms with E-state index in [0.29, 0.717) is 23.6 Å². The molecule has 0 saturated heterocycles. The lowest BCUT2D eigenvalue weighted by Gasteiger charge is -2.40. The van der Waals surface area contributed by atoms with Gasteiger partial charge in [0.25, 0.3) is 11.8 Å². The van der Waals surface area contributed by atoms with Crippen molar-refractivity contribution in [1.82, 2.24) is 10.6 Å². The van der Waals surface area contributed by atoms with Crippen LogP contribution in [0, 0.1) is 11.7 Å². The van der Waals surface area contributed by atoms with Crippen LogP contribution in [-0.2, 0) is 9.59 Å². The molecule has 2 aromatic carbocycles. The standard InChI is InChI=1S/C24H24Cl2FN3O4/c25-13-1-4-20-15(5-13)18(28)7-21(34-20)23(32)30-24-8-12(9-24)19(10-24)29-22(31)11-33-14-2-3-16(26)17(27)6-14/h1-6,12,18-19,21H,7-11,28H2,(H,29,31)(H,30,32). The van der Waals surface area contributed by atoms with Crippen LogP contribution in [0.25, 0.3) is 0 Å². The second-order valence-corrected chi connectivity index (χ2v) is 10.2. The number of nitrogens with one attached hydrogen (secondary N) is 2. The van der Waals surface area contributed by atoms with E-state index < -0.39 is 11.9 Å². The van der Waals surface area contributed by atoms with Gasteiger partial charge < -0.3 is 25.8 Å². The molecular formula is C24H24Cl2FN3O4. The van der Waals surface area contributed by atoms with E-state index in [1.165, 1.54) is 12.1 Å². The maximum atomic E-state index is 13.5. The van der Waals surface area contributed by atoms with Crippen molar-refractivity contribution in [2.75, 3.05) is 6.61 Å². The summed E-state index contributed by atoms with van der Waals surface area (Å²) in [5.74, 6) is -0.0186. The van der Waals surface area contributed by atoms with Gasteiger partial charge in [-0.05, 0) is 55.5 Å². The van der Waals surface area contributed by atoms with Crippen LogP contribution in [0.5, 0.6) is 11.5 Å². The van der Waals surface area contributed by atoms with Crippen molar-refractivity contribution in [3.05, 3.63) is 57.8 Å². The van der Waals surface area contributed by atoms with E-state index in [-0.39, 0.29) is 52.7 Å². The number of amides is 2. The van der Waals surface area contributed by atoms with Crippen molar-refractivity contribution < 1.29 is 23.5 Å². The molecule has 1 aliphatic heterocycles. The van der Waals surface area contributed by atoms with Crippen molar-refractivity contribution >= 4 is 35.0 Å². The Bertz CT molecular complexity index is 1140. The maximum Gasteiger partial charge on any atom is 0.261 e. The summed E-state index contributed by atoms with van der Waals surface area (Å²) in [6.45, 7) is -0.235. The maximum absolute atomic E-state index is 13.5. The largest absolute Gasteiger partial charge is 0.484 e. The summed E-state index contributed by atoms with van der Waals surface area (Å²) in [4.78, 5) is 25.3. The molecule has 4 N–H and O–H groups in total. The van der Waals surface area contributed by atoms with Gasteiger partial charge in [0, 0.05) is 40.7 Å². The Balaban J connectivity index is 1.12. The van der Waals surface area contributed by atoms with E-state index in [1.54, 1.807) is 18.2 Å². The fraction of sp³-hybridized carbons (Fsp3) is 0.417. The third-order valence-corrected chi connectivity index (χ3v) is 7.42. The first-order valence-corrected chi connectivity index (χ1v) is 11.9. The predicted molar refractivity (Wildman–Crippen MR) is 124 cm³/mol. The van der Waals surface area contributed by atoms with E-state index in [2.05, 4.69) is 10.6 Å². The van der Waals surface area contributed by atoms with Gasteiger partial charge in [-0.25, -0.2) is 4.39 Å². The molecule has 0 aromatic heterocycles. The monoisotopic (exact) mass is 507 g/mol. The minimum atomic E-state index is -0.682. The van der Waals surface area contributed by atoms with Gasteiger partial charge in [0.05, 0.1) is 5.02 Å². The zero-order chi connectivity index (χ0) is 24.0. The molecule has 6 rings (SSSR count). The smallest absolute Gasteiger partial charge is 0.261 e. The molecule has 0 radical (unpaired) electrons. The first kappa shape index (κ1) is 23.2. The number of fused-ring (bicyclic) bond motifs is 2. The number of carbonyl (C=O) groups is 2. The first-order chi connectivity index (χ1) is 16.2. The molecule has 7 nitrogen and oxygen atoms in total. The number of rotatable bonds is 6. The predicted octanol–water partition coefficient (Wildman–Crippen LogP) is 3.52. The molecule has 180 valence electrons. The van der Waals surface area contributed by atoms with Gasteiger partial charge >= 0.3 is 0 Å². The summed E-state index contributed by atoms with van der Waals surface area (Å²) >= 11 is 11.7. The summed E-state index contributed by atoms with van der Waals surface area (Å²) in [5, 5.41) is 6.68. The highest BCUT2D eigenvalue weighted by Crippen LogP contribution is 2.52. The highest BCUT2D eigenvalue weighted by molar-refractivity contribution is 6.31. The van der Waals surface area contributed by atoms with Crippen molar-refractivity contribution in [1.29, 1.82) is 0 Å². The zero-order valence-corrected chi connectivity index (χ0v) is 19.7. The van der Waals surface area contributed by atoms with Crippen LogP contribution in [-0.4, -0.2) is 36.1 Å². The molecule has 3 unspecified atom stereocenters. The number of ether oxygens (including phenoxy) is 2. The molecule has 2 aromatic rings. The molecule has 2 amide bonds. The van der Waals surface area contributed by atoms with E-state index in [1.807, 2.05) is 0 Å². The Labute approximate surface area is 206 Å². The summed E-state index contributed by atoms with van der Waals surface area (Å²) in [5.41, 5.74) is 6.70.